The predicted molar refractivity (Wildman–Crippen MR) is 75.0 cm³/mol. The minimum Gasteiger partial charge on any atom is -0.342 e. The van der Waals surface area contributed by atoms with E-state index < -0.39 is 0 Å². The van der Waals surface area contributed by atoms with E-state index in [1.54, 1.807) is 6.33 Å². The van der Waals surface area contributed by atoms with E-state index in [0.717, 1.165) is 38.3 Å². The molecule has 2 heterocycles. The van der Waals surface area contributed by atoms with Crippen molar-refractivity contribution in [1.29, 1.82) is 0 Å². The van der Waals surface area contributed by atoms with Crippen LogP contribution in [-0.4, -0.2) is 46.5 Å². The first-order valence-corrected chi connectivity index (χ1v) is 7.10. The fourth-order valence-corrected chi connectivity index (χ4v) is 2.81. The van der Waals surface area contributed by atoms with E-state index in [9.17, 15) is 4.79 Å². The summed E-state index contributed by atoms with van der Waals surface area (Å²) in [6, 6.07) is 0. The van der Waals surface area contributed by atoms with Gasteiger partial charge in [-0.1, -0.05) is 6.92 Å². The van der Waals surface area contributed by atoms with Gasteiger partial charge in [-0.05, 0) is 26.8 Å². The van der Waals surface area contributed by atoms with Crippen molar-refractivity contribution in [3.05, 3.63) is 18.2 Å². The average Bonchev–Trinajstić information content (AvgIpc) is 3.00. The molecule has 1 unspecified atom stereocenters. The molecule has 1 atom stereocenters. The molecule has 1 aromatic heterocycles. The van der Waals surface area contributed by atoms with Crippen LogP contribution in [0, 0.1) is 0 Å². The molecule has 19 heavy (non-hydrogen) atoms. The molecule has 1 fully saturated rings. The van der Waals surface area contributed by atoms with Crippen LogP contribution < -0.4 is 5.32 Å². The smallest absolute Gasteiger partial charge is 0.242 e. The first-order chi connectivity index (χ1) is 9.10. The lowest BCUT2D eigenvalue weighted by Crippen LogP contribution is -2.35. The Morgan fingerprint density at radius 3 is 2.84 bits per heavy atom. The Hall–Kier alpha value is -1.36. The fourth-order valence-electron chi connectivity index (χ4n) is 2.81. The molecule has 1 aromatic rings. The molecule has 1 aliphatic rings. The summed E-state index contributed by atoms with van der Waals surface area (Å²) in [6.45, 7) is 10.2. The summed E-state index contributed by atoms with van der Waals surface area (Å²) >= 11 is 0. The molecule has 1 N–H and O–H groups in total. The Labute approximate surface area is 115 Å². The number of nitrogens with one attached hydrogen (secondary N) is 1. The highest BCUT2D eigenvalue weighted by Crippen LogP contribution is 2.29. The van der Waals surface area contributed by atoms with E-state index in [1.165, 1.54) is 0 Å². The number of hydrogen-bond donors (Lipinski definition) is 1. The van der Waals surface area contributed by atoms with Gasteiger partial charge in [0.1, 0.15) is 6.54 Å². The number of carbonyl (C=O) groups excluding carboxylic acids is 1. The summed E-state index contributed by atoms with van der Waals surface area (Å²) in [5.74, 6) is 0.166. The minimum atomic E-state index is 0.0973. The number of likely N-dealkylation sites (N-methyl/N-ethyl adjacent to an activating group) is 1. The number of hydrogen-bond acceptors (Lipinski definition) is 3. The molecule has 2 rings (SSSR count). The molecule has 106 valence electrons. The van der Waals surface area contributed by atoms with Crippen LogP contribution >= 0.6 is 0 Å². The van der Waals surface area contributed by atoms with Gasteiger partial charge in [0, 0.05) is 36.9 Å². The maximum Gasteiger partial charge on any atom is 0.242 e. The van der Waals surface area contributed by atoms with E-state index in [2.05, 4.69) is 17.2 Å². The summed E-state index contributed by atoms with van der Waals surface area (Å²) in [5, 5.41) is 3.39. The summed E-state index contributed by atoms with van der Waals surface area (Å²) < 4.78 is 2.01. The number of nitrogens with zero attached hydrogens (tertiary/aromatic N) is 3. The van der Waals surface area contributed by atoms with Crippen molar-refractivity contribution in [3.63, 3.8) is 0 Å². The second kappa shape index (κ2) is 5.74. The van der Waals surface area contributed by atoms with Crippen LogP contribution in [-0.2, 0) is 16.8 Å². The fraction of sp³-hybridized carbons (Fsp3) is 0.714. The van der Waals surface area contributed by atoms with Crippen molar-refractivity contribution in [2.45, 2.75) is 39.2 Å². The van der Waals surface area contributed by atoms with Crippen LogP contribution in [0.25, 0.3) is 0 Å². The summed E-state index contributed by atoms with van der Waals surface area (Å²) in [6.07, 6.45) is 4.78. The number of imidazole rings is 1. The second-order valence-corrected chi connectivity index (χ2v) is 5.46. The molecule has 0 radical (unpaired) electrons. The third-order valence-electron chi connectivity index (χ3n) is 4.12. The van der Waals surface area contributed by atoms with Gasteiger partial charge in [0.2, 0.25) is 5.91 Å². The standard InChI is InChI=1S/C14H24N4O/c1-4-17(5-2)13(19)9-18-11-16-8-12(18)14(3)6-7-15-10-14/h8,11,15H,4-7,9-10H2,1-3H3. The highest BCUT2D eigenvalue weighted by Gasteiger charge is 2.33. The van der Waals surface area contributed by atoms with E-state index in [4.69, 9.17) is 0 Å². The molecule has 5 heteroatoms. The van der Waals surface area contributed by atoms with Gasteiger partial charge in [-0.15, -0.1) is 0 Å². The molecule has 0 aromatic carbocycles. The van der Waals surface area contributed by atoms with Crippen molar-refractivity contribution >= 4 is 5.91 Å². The van der Waals surface area contributed by atoms with Crippen LogP contribution in [0.15, 0.2) is 12.5 Å². The van der Waals surface area contributed by atoms with Crippen molar-refractivity contribution in [1.82, 2.24) is 19.8 Å². The Kier molecular flexibility index (Phi) is 4.24. The van der Waals surface area contributed by atoms with Gasteiger partial charge < -0.3 is 14.8 Å². The highest BCUT2D eigenvalue weighted by molar-refractivity contribution is 5.76. The van der Waals surface area contributed by atoms with Gasteiger partial charge in [-0.25, -0.2) is 4.98 Å². The molecular weight excluding hydrogens is 240 g/mol. The molecule has 0 spiro atoms. The first kappa shape index (κ1) is 14.1. The van der Waals surface area contributed by atoms with Gasteiger partial charge in [0.25, 0.3) is 0 Å². The maximum absolute atomic E-state index is 12.2. The highest BCUT2D eigenvalue weighted by atomic mass is 16.2. The molecule has 0 aliphatic carbocycles. The topological polar surface area (TPSA) is 50.2 Å². The van der Waals surface area contributed by atoms with Crippen molar-refractivity contribution in [3.8, 4) is 0 Å². The monoisotopic (exact) mass is 264 g/mol. The SMILES string of the molecule is CCN(CC)C(=O)Cn1cncc1C1(C)CCNC1. The van der Waals surface area contributed by atoms with Gasteiger partial charge in [-0.2, -0.15) is 0 Å². The van der Waals surface area contributed by atoms with E-state index >= 15 is 0 Å². The quantitative estimate of drug-likeness (QED) is 0.863. The maximum atomic E-state index is 12.2. The molecule has 1 saturated heterocycles. The number of aromatic nitrogens is 2. The molecule has 0 saturated carbocycles. The Morgan fingerprint density at radius 2 is 2.26 bits per heavy atom. The van der Waals surface area contributed by atoms with Crippen molar-refractivity contribution in [2.24, 2.45) is 0 Å². The van der Waals surface area contributed by atoms with Gasteiger partial charge in [-0.3, -0.25) is 4.79 Å². The molecule has 1 amide bonds. The van der Waals surface area contributed by atoms with E-state index in [-0.39, 0.29) is 11.3 Å². The lowest BCUT2D eigenvalue weighted by molar-refractivity contribution is -0.131. The van der Waals surface area contributed by atoms with Crippen LogP contribution in [0.1, 0.15) is 32.9 Å². The number of carbonyl (C=O) groups is 1. The number of rotatable bonds is 5. The molecule has 0 bridgehead atoms. The van der Waals surface area contributed by atoms with E-state index in [0.29, 0.717) is 6.54 Å². The van der Waals surface area contributed by atoms with Gasteiger partial charge in [0.05, 0.1) is 6.33 Å². The summed E-state index contributed by atoms with van der Waals surface area (Å²) in [5.41, 5.74) is 1.26. The zero-order valence-electron chi connectivity index (χ0n) is 12.1. The average molecular weight is 264 g/mol. The summed E-state index contributed by atoms with van der Waals surface area (Å²) in [4.78, 5) is 18.3. The minimum absolute atomic E-state index is 0.0973. The Balaban J connectivity index is 2.14. The number of amides is 1. The van der Waals surface area contributed by atoms with Crippen molar-refractivity contribution in [2.75, 3.05) is 26.2 Å². The molecule has 1 aliphatic heterocycles. The zero-order chi connectivity index (χ0) is 13.9. The van der Waals surface area contributed by atoms with Crippen LogP contribution in [0.2, 0.25) is 0 Å². The normalized spacial score (nSPS) is 22.7. The molecular formula is C14H24N4O. The van der Waals surface area contributed by atoms with Gasteiger partial charge >= 0.3 is 0 Å². The lowest BCUT2D eigenvalue weighted by Gasteiger charge is -2.25. The van der Waals surface area contributed by atoms with Crippen molar-refractivity contribution < 1.29 is 4.79 Å². The van der Waals surface area contributed by atoms with Crippen LogP contribution in [0.3, 0.4) is 0 Å². The summed E-state index contributed by atoms with van der Waals surface area (Å²) in [7, 11) is 0. The first-order valence-electron chi connectivity index (χ1n) is 7.10. The largest absolute Gasteiger partial charge is 0.342 e. The third kappa shape index (κ3) is 2.81. The van der Waals surface area contributed by atoms with Gasteiger partial charge in [0.15, 0.2) is 0 Å². The molecule has 5 nitrogen and oxygen atoms in total. The Bertz CT molecular complexity index is 430. The van der Waals surface area contributed by atoms with Crippen LogP contribution in [0.4, 0.5) is 0 Å². The lowest BCUT2D eigenvalue weighted by atomic mass is 9.86. The van der Waals surface area contributed by atoms with E-state index in [1.807, 2.05) is 29.5 Å². The second-order valence-electron chi connectivity index (χ2n) is 5.46. The predicted octanol–water partition coefficient (Wildman–Crippen LogP) is 1.00. The Morgan fingerprint density at radius 1 is 1.53 bits per heavy atom. The van der Waals surface area contributed by atoms with Crippen LogP contribution in [0.5, 0.6) is 0 Å². The zero-order valence-corrected chi connectivity index (χ0v) is 12.1. The third-order valence-corrected chi connectivity index (χ3v) is 4.12.